The SMILES string of the molecule is C[C@H](OC(=O)[C@@H](C)N1C(=O)c2ccccc2C1=O)c1nnc(-c2ccccc2)o1. The summed E-state index contributed by atoms with van der Waals surface area (Å²) in [5, 5.41) is 7.89. The van der Waals surface area contributed by atoms with Crippen molar-refractivity contribution in [2.24, 2.45) is 0 Å². The van der Waals surface area contributed by atoms with Crippen LogP contribution in [-0.4, -0.2) is 38.9 Å². The summed E-state index contributed by atoms with van der Waals surface area (Å²) in [5.41, 5.74) is 1.29. The second-order valence-corrected chi connectivity index (χ2v) is 6.59. The van der Waals surface area contributed by atoms with Crippen molar-refractivity contribution in [1.82, 2.24) is 15.1 Å². The van der Waals surface area contributed by atoms with Crippen LogP contribution >= 0.6 is 0 Å². The zero-order valence-electron chi connectivity index (χ0n) is 15.7. The number of carbonyl (C=O) groups excluding carboxylic acids is 3. The molecule has 1 aromatic heterocycles. The van der Waals surface area contributed by atoms with E-state index in [1.165, 1.54) is 6.92 Å². The van der Waals surface area contributed by atoms with Crippen LogP contribution in [0.2, 0.25) is 0 Å². The lowest BCUT2D eigenvalue weighted by molar-refractivity contribution is -0.153. The molecule has 2 amide bonds. The van der Waals surface area contributed by atoms with Gasteiger partial charge in [0.25, 0.3) is 17.7 Å². The molecule has 3 aromatic rings. The first-order valence-electron chi connectivity index (χ1n) is 9.03. The van der Waals surface area contributed by atoms with E-state index < -0.39 is 29.9 Å². The van der Waals surface area contributed by atoms with Crippen LogP contribution in [0.5, 0.6) is 0 Å². The molecule has 4 rings (SSSR count). The van der Waals surface area contributed by atoms with Crippen LogP contribution < -0.4 is 0 Å². The zero-order valence-corrected chi connectivity index (χ0v) is 15.7. The molecule has 0 N–H and O–H groups in total. The topological polar surface area (TPSA) is 103 Å². The fraction of sp³-hybridized carbons (Fsp3) is 0.190. The number of nitrogens with zero attached hydrogens (tertiary/aromatic N) is 3. The molecule has 2 heterocycles. The van der Waals surface area contributed by atoms with E-state index in [0.29, 0.717) is 5.89 Å². The number of benzene rings is 2. The van der Waals surface area contributed by atoms with Gasteiger partial charge in [-0.05, 0) is 38.1 Å². The lowest BCUT2D eigenvalue weighted by atomic mass is 10.1. The summed E-state index contributed by atoms with van der Waals surface area (Å²) < 4.78 is 11.0. The first-order valence-corrected chi connectivity index (χ1v) is 9.03. The maximum Gasteiger partial charge on any atom is 0.329 e. The number of ether oxygens (including phenoxy) is 1. The Morgan fingerprint density at radius 1 is 0.931 bits per heavy atom. The molecule has 1 aliphatic heterocycles. The molecule has 0 spiro atoms. The largest absolute Gasteiger partial charge is 0.451 e. The predicted octanol–water partition coefficient (Wildman–Crippen LogP) is 3.03. The number of amides is 2. The van der Waals surface area contributed by atoms with Crippen molar-refractivity contribution in [3.05, 3.63) is 71.6 Å². The predicted molar refractivity (Wildman–Crippen MR) is 101 cm³/mol. The average Bonchev–Trinajstić information content (AvgIpc) is 3.33. The molecule has 146 valence electrons. The highest BCUT2D eigenvalue weighted by molar-refractivity contribution is 6.22. The van der Waals surface area contributed by atoms with Crippen molar-refractivity contribution in [3.63, 3.8) is 0 Å². The zero-order chi connectivity index (χ0) is 20.5. The van der Waals surface area contributed by atoms with E-state index >= 15 is 0 Å². The number of hydrogen-bond acceptors (Lipinski definition) is 7. The maximum atomic E-state index is 12.6. The monoisotopic (exact) mass is 391 g/mol. The fourth-order valence-electron chi connectivity index (χ4n) is 3.08. The summed E-state index contributed by atoms with van der Waals surface area (Å²) in [4.78, 5) is 38.5. The number of imide groups is 1. The minimum absolute atomic E-state index is 0.117. The van der Waals surface area contributed by atoms with Crippen LogP contribution in [0.3, 0.4) is 0 Å². The third-order valence-electron chi connectivity index (χ3n) is 4.66. The maximum absolute atomic E-state index is 12.6. The standard InChI is InChI=1S/C21H17N3O5/c1-12(24-19(25)15-10-6-7-11-16(15)20(24)26)21(27)28-13(2)17-22-23-18(29-17)14-8-4-3-5-9-14/h3-13H,1-2H3/t12-,13+/m1/s1. The molecule has 29 heavy (non-hydrogen) atoms. The van der Waals surface area contributed by atoms with Crippen molar-refractivity contribution in [1.29, 1.82) is 0 Å². The summed E-state index contributed by atoms with van der Waals surface area (Å²) in [7, 11) is 0. The van der Waals surface area contributed by atoms with E-state index in [0.717, 1.165) is 10.5 Å². The highest BCUT2D eigenvalue weighted by Crippen LogP contribution is 2.26. The third kappa shape index (κ3) is 3.29. The number of esters is 1. The van der Waals surface area contributed by atoms with Crippen LogP contribution in [0.25, 0.3) is 11.5 Å². The molecule has 0 bridgehead atoms. The van der Waals surface area contributed by atoms with Gasteiger partial charge in [0, 0.05) is 5.56 Å². The van der Waals surface area contributed by atoms with E-state index in [1.54, 1.807) is 31.2 Å². The van der Waals surface area contributed by atoms with Gasteiger partial charge in [-0.3, -0.25) is 14.5 Å². The smallest absolute Gasteiger partial charge is 0.329 e. The van der Waals surface area contributed by atoms with Gasteiger partial charge in [-0.1, -0.05) is 30.3 Å². The van der Waals surface area contributed by atoms with Gasteiger partial charge in [-0.2, -0.15) is 0 Å². The molecule has 0 saturated heterocycles. The Morgan fingerprint density at radius 3 is 2.14 bits per heavy atom. The summed E-state index contributed by atoms with van der Waals surface area (Å²) in [6, 6.07) is 14.5. The molecule has 0 saturated carbocycles. The summed E-state index contributed by atoms with van der Waals surface area (Å²) in [5.74, 6) is -1.37. The molecule has 0 aliphatic carbocycles. The Hall–Kier alpha value is -3.81. The summed E-state index contributed by atoms with van der Waals surface area (Å²) >= 11 is 0. The second kappa shape index (κ2) is 7.31. The highest BCUT2D eigenvalue weighted by Gasteiger charge is 2.41. The Kier molecular flexibility index (Phi) is 4.67. The fourth-order valence-corrected chi connectivity index (χ4v) is 3.08. The first-order chi connectivity index (χ1) is 14.0. The molecule has 8 nitrogen and oxygen atoms in total. The van der Waals surface area contributed by atoms with Gasteiger partial charge in [-0.25, -0.2) is 4.79 Å². The lowest BCUT2D eigenvalue weighted by Gasteiger charge is -2.22. The van der Waals surface area contributed by atoms with Crippen LogP contribution in [-0.2, 0) is 9.53 Å². The number of rotatable bonds is 5. The lowest BCUT2D eigenvalue weighted by Crippen LogP contribution is -2.43. The highest BCUT2D eigenvalue weighted by atomic mass is 16.6. The van der Waals surface area contributed by atoms with Crippen LogP contribution in [0.1, 0.15) is 46.6 Å². The van der Waals surface area contributed by atoms with Crippen LogP contribution in [0.4, 0.5) is 0 Å². The number of aromatic nitrogens is 2. The first kappa shape index (κ1) is 18.5. The van der Waals surface area contributed by atoms with Crippen molar-refractivity contribution < 1.29 is 23.5 Å². The Labute approximate surface area is 166 Å². The van der Waals surface area contributed by atoms with Crippen LogP contribution in [0, 0.1) is 0 Å². The normalized spacial score (nSPS) is 15.2. The molecule has 2 aromatic carbocycles. The molecule has 2 atom stereocenters. The molecular weight excluding hydrogens is 374 g/mol. The number of fused-ring (bicyclic) bond motifs is 1. The van der Waals surface area contributed by atoms with Gasteiger partial charge in [-0.15, -0.1) is 10.2 Å². The van der Waals surface area contributed by atoms with Gasteiger partial charge in [0.1, 0.15) is 6.04 Å². The Bertz CT molecular complexity index is 1060. The van der Waals surface area contributed by atoms with E-state index in [2.05, 4.69) is 10.2 Å². The quantitative estimate of drug-likeness (QED) is 0.486. The average molecular weight is 391 g/mol. The molecule has 1 aliphatic rings. The number of carbonyl (C=O) groups is 3. The van der Waals surface area contributed by atoms with Crippen molar-refractivity contribution in [3.8, 4) is 11.5 Å². The molecule has 0 fully saturated rings. The molecule has 8 heteroatoms. The van der Waals surface area contributed by atoms with Crippen molar-refractivity contribution in [2.45, 2.75) is 26.0 Å². The summed E-state index contributed by atoms with van der Waals surface area (Å²) in [6.45, 7) is 3.02. The van der Waals surface area contributed by atoms with Gasteiger partial charge < -0.3 is 9.15 Å². The Balaban J connectivity index is 1.46. The van der Waals surface area contributed by atoms with E-state index in [4.69, 9.17) is 9.15 Å². The number of hydrogen-bond donors (Lipinski definition) is 0. The molecular formula is C21H17N3O5. The molecule has 0 radical (unpaired) electrons. The van der Waals surface area contributed by atoms with Gasteiger partial charge >= 0.3 is 5.97 Å². The second-order valence-electron chi connectivity index (χ2n) is 6.59. The van der Waals surface area contributed by atoms with Crippen molar-refractivity contribution in [2.75, 3.05) is 0 Å². The van der Waals surface area contributed by atoms with E-state index in [9.17, 15) is 14.4 Å². The van der Waals surface area contributed by atoms with E-state index in [-0.39, 0.29) is 17.0 Å². The van der Waals surface area contributed by atoms with Gasteiger partial charge in [0.15, 0.2) is 6.10 Å². The third-order valence-corrected chi connectivity index (χ3v) is 4.66. The summed E-state index contributed by atoms with van der Waals surface area (Å²) in [6.07, 6.45) is -0.843. The minimum Gasteiger partial charge on any atom is -0.451 e. The minimum atomic E-state index is -1.10. The van der Waals surface area contributed by atoms with E-state index in [1.807, 2.05) is 30.3 Å². The molecule has 0 unspecified atom stereocenters. The van der Waals surface area contributed by atoms with Gasteiger partial charge in [0.2, 0.25) is 5.89 Å². The Morgan fingerprint density at radius 2 is 1.52 bits per heavy atom. The van der Waals surface area contributed by atoms with Crippen LogP contribution in [0.15, 0.2) is 59.0 Å². The van der Waals surface area contributed by atoms with Crippen molar-refractivity contribution >= 4 is 17.8 Å². The van der Waals surface area contributed by atoms with Gasteiger partial charge in [0.05, 0.1) is 11.1 Å².